The van der Waals surface area contributed by atoms with Gasteiger partial charge in [0.25, 0.3) is 0 Å². The third-order valence-corrected chi connectivity index (χ3v) is 3.32. The van der Waals surface area contributed by atoms with E-state index in [9.17, 15) is 0 Å². The average Bonchev–Trinajstić information content (AvgIpc) is 3.10. The number of benzene rings is 1. The van der Waals surface area contributed by atoms with Crippen molar-refractivity contribution in [2.75, 3.05) is 6.54 Å². The van der Waals surface area contributed by atoms with Crippen LogP contribution >= 0.6 is 0 Å². The summed E-state index contributed by atoms with van der Waals surface area (Å²) in [5.41, 5.74) is 3.71. The predicted molar refractivity (Wildman–Crippen MR) is 78.2 cm³/mol. The standard InChI is InChI=1S/C16H19N3/c1-13(12-17-15-5-6-15)11-14-3-7-16(8-4-14)19-10-2-9-18-19/h2-4,7-11,15,17H,5-6,12H2,1H3. The normalized spacial score (nSPS) is 15.7. The van der Waals surface area contributed by atoms with Gasteiger partial charge in [-0.3, -0.25) is 0 Å². The molecule has 0 atom stereocenters. The maximum Gasteiger partial charge on any atom is 0.0645 e. The lowest BCUT2D eigenvalue weighted by molar-refractivity contribution is 0.736. The van der Waals surface area contributed by atoms with Gasteiger partial charge in [0.2, 0.25) is 0 Å². The highest BCUT2D eigenvalue weighted by Crippen LogP contribution is 2.19. The molecule has 1 aliphatic rings. The van der Waals surface area contributed by atoms with Crippen molar-refractivity contribution in [1.29, 1.82) is 0 Å². The molecule has 0 aliphatic heterocycles. The Morgan fingerprint density at radius 2 is 2.16 bits per heavy atom. The van der Waals surface area contributed by atoms with E-state index in [1.54, 1.807) is 6.20 Å². The molecular weight excluding hydrogens is 234 g/mol. The fourth-order valence-electron chi connectivity index (χ4n) is 2.07. The van der Waals surface area contributed by atoms with Crippen LogP contribution in [0.1, 0.15) is 25.3 Å². The third kappa shape index (κ3) is 3.32. The van der Waals surface area contributed by atoms with Crippen LogP contribution in [0.5, 0.6) is 0 Å². The van der Waals surface area contributed by atoms with Gasteiger partial charge in [-0.2, -0.15) is 5.10 Å². The number of nitrogens with one attached hydrogen (secondary N) is 1. The van der Waals surface area contributed by atoms with Crippen LogP contribution in [-0.2, 0) is 0 Å². The summed E-state index contributed by atoms with van der Waals surface area (Å²) in [6.07, 6.45) is 8.66. The Balaban J connectivity index is 1.66. The molecule has 1 aromatic heterocycles. The first-order chi connectivity index (χ1) is 9.31. The van der Waals surface area contributed by atoms with E-state index < -0.39 is 0 Å². The van der Waals surface area contributed by atoms with Crippen molar-refractivity contribution < 1.29 is 0 Å². The maximum absolute atomic E-state index is 4.22. The SMILES string of the molecule is CC(=Cc1ccc(-n2cccn2)cc1)CNC1CC1. The largest absolute Gasteiger partial charge is 0.310 e. The fourth-order valence-corrected chi connectivity index (χ4v) is 2.07. The average molecular weight is 253 g/mol. The van der Waals surface area contributed by atoms with Gasteiger partial charge in [-0.15, -0.1) is 0 Å². The van der Waals surface area contributed by atoms with Gasteiger partial charge in [-0.25, -0.2) is 4.68 Å². The van der Waals surface area contributed by atoms with Crippen LogP contribution in [0.25, 0.3) is 11.8 Å². The Hall–Kier alpha value is -1.87. The van der Waals surface area contributed by atoms with Gasteiger partial charge in [0.15, 0.2) is 0 Å². The molecule has 0 amide bonds. The number of hydrogen-bond acceptors (Lipinski definition) is 2. The number of rotatable bonds is 5. The summed E-state index contributed by atoms with van der Waals surface area (Å²) in [7, 11) is 0. The van der Waals surface area contributed by atoms with Crippen LogP contribution in [0.2, 0.25) is 0 Å². The first kappa shape index (κ1) is 12.2. The quantitative estimate of drug-likeness (QED) is 0.887. The summed E-state index contributed by atoms with van der Waals surface area (Å²) < 4.78 is 1.87. The Morgan fingerprint density at radius 1 is 1.37 bits per heavy atom. The van der Waals surface area contributed by atoms with E-state index in [1.165, 1.54) is 24.0 Å². The summed E-state index contributed by atoms with van der Waals surface area (Å²) in [5, 5.41) is 7.75. The monoisotopic (exact) mass is 253 g/mol. The molecule has 1 saturated carbocycles. The van der Waals surface area contributed by atoms with Gasteiger partial charge in [0.05, 0.1) is 5.69 Å². The molecule has 1 aromatic carbocycles. The van der Waals surface area contributed by atoms with Gasteiger partial charge in [0, 0.05) is 25.0 Å². The van der Waals surface area contributed by atoms with Crippen LogP contribution in [0.3, 0.4) is 0 Å². The molecule has 0 unspecified atom stereocenters. The lowest BCUT2D eigenvalue weighted by Gasteiger charge is -2.04. The van der Waals surface area contributed by atoms with Crippen LogP contribution in [0.15, 0.2) is 48.3 Å². The summed E-state index contributed by atoms with van der Waals surface area (Å²) in [4.78, 5) is 0. The maximum atomic E-state index is 4.22. The van der Waals surface area contributed by atoms with E-state index in [4.69, 9.17) is 0 Å². The molecule has 0 spiro atoms. The van der Waals surface area contributed by atoms with E-state index >= 15 is 0 Å². The van der Waals surface area contributed by atoms with Crippen molar-refractivity contribution in [3.63, 3.8) is 0 Å². The van der Waals surface area contributed by atoms with Gasteiger partial charge in [0.1, 0.15) is 0 Å². The van der Waals surface area contributed by atoms with E-state index in [2.05, 4.69) is 47.7 Å². The zero-order chi connectivity index (χ0) is 13.1. The molecule has 1 heterocycles. The number of aromatic nitrogens is 2. The second-order valence-electron chi connectivity index (χ2n) is 5.19. The molecule has 1 aliphatic carbocycles. The van der Waals surface area contributed by atoms with Crippen LogP contribution in [0.4, 0.5) is 0 Å². The molecule has 1 fully saturated rings. The first-order valence-electron chi connectivity index (χ1n) is 6.82. The van der Waals surface area contributed by atoms with Crippen molar-refractivity contribution in [3.05, 3.63) is 53.9 Å². The molecule has 19 heavy (non-hydrogen) atoms. The van der Waals surface area contributed by atoms with Crippen molar-refractivity contribution in [2.45, 2.75) is 25.8 Å². The smallest absolute Gasteiger partial charge is 0.0645 e. The molecule has 3 heteroatoms. The lowest BCUT2D eigenvalue weighted by atomic mass is 10.1. The van der Waals surface area contributed by atoms with Crippen molar-refractivity contribution in [1.82, 2.24) is 15.1 Å². The molecule has 98 valence electrons. The molecule has 3 rings (SSSR count). The molecule has 3 nitrogen and oxygen atoms in total. The van der Waals surface area contributed by atoms with Gasteiger partial charge >= 0.3 is 0 Å². The number of nitrogens with zero attached hydrogens (tertiary/aromatic N) is 2. The fraction of sp³-hybridized carbons (Fsp3) is 0.312. The minimum atomic E-state index is 0.769. The minimum Gasteiger partial charge on any atom is -0.310 e. The van der Waals surface area contributed by atoms with Gasteiger partial charge < -0.3 is 5.32 Å². The van der Waals surface area contributed by atoms with E-state index in [1.807, 2.05) is 16.9 Å². The Morgan fingerprint density at radius 3 is 2.79 bits per heavy atom. The molecule has 1 N–H and O–H groups in total. The number of hydrogen-bond donors (Lipinski definition) is 1. The van der Waals surface area contributed by atoms with E-state index in [0.717, 1.165) is 18.3 Å². The minimum absolute atomic E-state index is 0.769. The second-order valence-corrected chi connectivity index (χ2v) is 5.19. The summed E-state index contributed by atoms with van der Waals surface area (Å²) >= 11 is 0. The zero-order valence-electron chi connectivity index (χ0n) is 11.2. The Kier molecular flexibility index (Phi) is 3.47. The molecule has 0 radical (unpaired) electrons. The Bertz CT molecular complexity index is 548. The van der Waals surface area contributed by atoms with Gasteiger partial charge in [-0.05, 0) is 43.5 Å². The highest BCUT2D eigenvalue weighted by Gasteiger charge is 2.19. The summed E-state index contributed by atoms with van der Waals surface area (Å²) in [5.74, 6) is 0. The van der Waals surface area contributed by atoms with E-state index in [0.29, 0.717) is 0 Å². The molecule has 0 saturated heterocycles. The van der Waals surface area contributed by atoms with Gasteiger partial charge in [-0.1, -0.05) is 23.8 Å². The Labute approximate surface area is 114 Å². The van der Waals surface area contributed by atoms with Crippen molar-refractivity contribution in [3.8, 4) is 5.69 Å². The van der Waals surface area contributed by atoms with E-state index in [-0.39, 0.29) is 0 Å². The first-order valence-corrected chi connectivity index (χ1v) is 6.82. The van der Waals surface area contributed by atoms with Crippen molar-refractivity contribution in [2.24, 2.45) is 0 Å². The van der Waals surface area contributed by atoms with Crippen molar-refractivity contribution >= 4 is 6.08 Å². The third-order valence-electron chi connectivity index (χ3n) is 3.32. The lowest BCUT2D eigenvalue weighted by Crippen LogP contribution is -2.18. The zero-order valence-corrected chi connectivity index (χ0v) is 11.2. The molecular formula is C16H19N3. The second kappa shape index (κ2) is 5.41. The highest BCUT2D eigenvalue weighted by molar-refractivity contribution is 5.54. The topological polar surface area (TPSA) is 29.9 Å². The van der Waals surface area contributed by atoms with Crippen LogP contribution < -0.4 is 5.32 Å². The molecule has 0 bridgehead atoms. The summed E-state index contributed by atoms with van der Waals surface area (Å²) in [6.45, 7) is 3.17. The van der Waals surface area contributed by atoms with Crippen LogP contribution in [-0.4, -0.2) is 22.4 Å². The summed E-state index contributed by atoms with van der Waals surface area (Å²) in [6, 6.07) is 11.2. The molecule has 2 aromatic rings. The highest BCUT2D eigenvalue weighted by atomic mass is 15.3. The predicted octanol–water partition coefficient (Wildman–Crippen LogP) is 3.03. The van der Waals surface area contributed by atoms with Crippen LogP contribution in [0, 0.1) is 0 Å².